The molecule has 2 unspecified atom stereocenters. The monoisotopic (exact) mass is 313 g/mol. The van der Waals surface area contributed by atoms with Gasteiger partial charge in [0.15, 0.2) is 11.5 Å². The van der Waals surface area contributed by atoms with Gasteiger partial charge in [-0.15, -0.1) is 0 Å². The minimum Gasteiger partial charge on any atom is -0.485 e. The smallest absolute Gasteiger partial charge is 0.267 e. The first-order valence-electron chi connectivity index (χ1n) is 7.86. The van der Waals surface area contributed by atoms with Crippen molar-refractivity contribution < 1.29 is 14.3 Å². The van der Waals surface area contributed by atoms with Crippen molar-refractivity contribution in [2.45, 2.75) is 18.4 Å². The number of amides is 1. The summed E-state index contributed by atoms with van der Waals surface area (Å²) < 4.78 is 13.3. The highest BCUT2D eigenvalue weighted by Crippen LogP contribution is 2.32. The summed E-state index contributed by atoms with van der Waals surface area (Å²) >= 11 is 0. The summed E-state index contributed by atoms with van der Waals surface area (Å²) in [6.45, 7) is 1.73. The fraction of sp³-hybridized carbons (Fsp3) is 0.412. The van der Waals surface area contributed by atoms with Gasteiger partial charge in [-0.3, -0.25) is 9.48 Å². The van der Waals surface area contributed by atoms with Crippen LogP contribution in [0.25, 0.3) is 0 Å². The van der Waals surface area contributed by atoms with Crippen molar-refractivity contribution in [2.75, 3.05) is 19.7 Å². The van der Waals surface area contributed by atoms with Gasteiger partial charge in [-0.05, 0) is 24.1 Å². The Morgan fingerprint density at radius 2 is 2.13 bits per heavy atom. The SMILES string of the molecule is Cn1cc(C2CCN(C(=O)C3COc4ccccc4O3)C2)cn1. The number of hydrogen-bond acceptors (Lipinski definition) is 4. The van der Waals surface area contributed by atoms with E-state index in [0.29, 0.717) is 24.0 Å². The van der Waals surface area contributed by atoms with Crippen LogP contribution >= 0.6 is 0 Å². The summed E-state index contributed by atoms with van der Waals surface area (Å²) in [6.07, 6.45) is 4.31. The number of rotatable bonds is 2. The van der Waals surface area contributed by atoms with Crippen molar-refractivity contribution in [1.82, 2.24) is 14.7 Å². The second kappa shape index (κ2) is 5.61. The molecular formula is C17H19N3O3. The second-order valence-corrected chi connectivity index (χ2v) is 6.08. The van der Waals surface area contributed by atoms with E-state index in [2.05, 4.69) is 5.10 Å². The van der Waals surface area contributed by atoms with Crippen molar-refractivity contribution in [2.24, 2.45) is 7.05 Å². The molecule has 4 rings (SSSR count). The molecule has 1 saturated heterocycles. The molecular weight excluding hydrogens is 294 g/mol. The average Bonchev–Trinajstić information content (AvgIpc) is 3.22. The number of likely N-dealkylation sites (tertiary alicyclic amines) is 1. The zero-order valence-corrected chi connectivity index (χ0v) is 13.0. The molecule has 1 aromatic heterocycles. The normalized spacial score (nSPS) is 23.1. The van der Waals surface area contributed by atoms with E-state index >= 15 is 0 Å². The minimum atomic E-state index is -0.558. The molecule has 0 spiro atoms. The van der Waals surface area contributed by atoms with Crippen molar-refractivity contribution in [1.29, 1.82) is 0 Å². The van der Waals surface area contributed by atoms with Crippen molar-refractivity contribution in [3.63, 3.8) is 0 Å². The summed E-state index contributed by atoms with van der Waals surface area (Å²) in [5.41, 5.74) is 1.19. The Kier molecular flexibility index (Phi) is 3.44. The standard InChI is InChI=1S/C17H19N3O3/c1-19-9-13(8-18-19)12-6-7-20(10-12)17(21)16-11-22-14-4-2-3-5-15(14)23-16/h2-5,8-9,12,16H,6-7,10-11H2,1H3. The maximum atomic E-state index is 12.7. The highest BCUT2D eigenvalue weighted by atomic mass is 16.6. The van der Waals surface area contributed by atoms with Gasteiger partial charge in [0.05, 0.1) is 6.20 Å². The van der Waals surface area contributed by atoms with Crippen molar-refractivity contribution >= 4 is 5.91 Å². The summed E-state index contributed by atoms with van der Waals surface area (Å²) in [4.78, 5) is 14.6. The van der Waals surface area contributed by atoms with Gasteiger partial charge >= 0.3 is 0 Å². The lowest BCUT2D eigenvalue weighted by Gasteiger charge is -2.28. The van der Waals surface area contributed by atoms with E-state index in [1.807, 2.05) is 48.6 Å². The molecule has 0 saturated carbocycles. The molecule has 1 fully saturated rings. The lowest BCUT2D eigenvalue weighted by molar-refractivity contribution is -0.140. The minimum absolute atomic E-state index is 0.00546. The summed E-state index contributed by atoms with van der Waals surface area (Å²) in [7, 11) is 1.91. The van der Waals surface area contributed by atoms with Gasteiger partial charge in [-0.2, -0.15) is 5.10 Å². The Morgan fingerprint density at radius 3 is 2.91 bits per heavy atom. The number of carbonyl (C=O) groups excluding carboxylic acids is 1. The number of hydrogen-bond donors (Lipinski definition) is 0. The maximum absolute atomic E-state index is 12.7. The Hall–Kier alpha value is -2.50. The number of benzene rings is 1. The number of para-hydroxylation sites is 2. The number of aromatic nitrogens is 2. The van der Waals surface area contributed by atoms with Crippen LogP contribution in [0, 0.1) is 0 Å². The summed E-state index contributed by atoms with van der Waals surface area (Å²) in [5.74, 6) is 1.70. The molecule has 0 radical (unpaired) electrons. The summed E-state index contributed by atoms with van der Waals surface area (Å²) in [6, 6.07) is 7.45. The predicted molar refractivity (Wildman–Crippen MR) is 83.5 cm³/mol. The van der Waals surface area contributed by atoms with Gasteiger partial charge in [0, 0.05) is 32.3 Å². The third-order valence-corrected chi connectivity index (χ3v) is 4.48. The van der Waals surface area contributed by atoms with Crippen LogP contribution in [0.2, 0.25) is 0 Å². The average molecular weight is 313 g/mol. The molecule has 0 N–H and O–H groups in total. The first-order valence-corrected chi connectivity index (χ1v) is 7.86. The van der Waals surface area contributed by atoms with Crippen LogP contribution < -0.4 is 9.47 Å². The Labute approximate surface area is 134 Å². The fourth-order valence-corrected chi connectivity index (χ4v) is 3.23. The van der Waals surface area contributed by atoms with E-state index in [1.54, 1.807) is 4.68 Å². The van der Waals surface area contributed by atoms with E-state index < -0.39 is 6.10 Å². The van der Waals surface area contributed by atoms with E-state index in [4.69, 9.17) is 9.47 Å². The molecule has 6 heteroatoms. The van der Waals surface area contributed by atoms with Gasteiger partial charge in [0.25, 0.3) is 5.91 Å². The highest BCUT2D eigenvalue weighted by Gasteiger charge is 2.35. The molecule has 2 aliphatic heterocycles. The van der Waals surface area contributed by atoms with Crippen LogP contribution in [0.5, 0.6) is 11.5 Å². The van der Waals surface area contributed by atoms with E-state index in [-0.39, 0.29) is 12.5 Å². The third-order valence-electron chi connectivity index (χ3n) is 4.48. The molecule has 6 nitrogen and oxygen atoms in total. The molecule has 2 aliphatic rings. The number of ether oxygens (including phenoxy) is 2. The molecule has 1 aromatic carbocycles. The third kappa shape index (κ3) is 2.65. The molecule has 2 aromatic rings. The quantitative estimate of drug-likeness (QED) is 0.844. The van der Waals surface area contributed by atoms with Crippen LogP contribution in [-0.2, 0) is 11.8 Å². The van der Waals surface area contributed by atoms with Crippen LogP contribution in [-0.4, -0.2) is 46.4 Å². The van der Waals surface area contributed by atoms with Gasteiger partial charge in [0.2, 0.25) is 6.10 Å². The van der Waals surface area contributed by atoms with Gasteiger partial charge < -0.3 is 14.4 Å². The molecule has 1 amide bonds. The van der Waals surface area contributed by atoms with Crippen LogP contribution in [0.3, 0.4) is 0 Å². The van der Waals surface area contributed by atoms with Crippen LogP contribution in [0.15, 0.2) is 36.7 Å². The zero-order valence-electron chi connectivity index (χ0n) is 13.0. The molecule has 120 valence electrons. The van der Waals surface area contributed by atoms with Crippen molar-refractivity contribution in [3.8, 4) is 11.5 Å². The summed E-state index contributed by atoms with van der Waals surface area (Å²) in [5, 5.41) is 4.21. The zero-order chi connectivity index (χ0) is 15.8. The lowest BCUT2D eigenvalue weighted by Crippen LogP contribution is -2.45. The second-order valence-electron chi connectivity index (χ2n) is 6.08. The molecule has 2 atom stereocenters. The van der Waals surface area contributed by atoms with Gasteiger partial charge in [-0.1, -0.05) is 12.1 Å². The number of carbonyl (C=O) groups is 1. The lowest BCUT2D eigenvalue weighted by atomic mass is 10.0. The largest absolute Gasteiger partial charge is 0.485 e. The maximum Gasteiger partial charge on any atom is 0.267 e. The molecule has 0 bridgehead atoms. The van der Waals surface area contributed by atoms with Crippen molar-refractivity contribution in [3.05, 3.63) is 42.2 Å². The Morgan fingerprint density at radius 1 is 1.30 bits per heavy atom. The van der Waals surface area contributed by atoms with Gasteiger partial charge in [0.1, 0.15) is 6.61 Å². The van der Waals surface area contributed by atoms with E-state index in [0.717, 1.165) is 13.0 Å². The number of fused-ring (bicyclic) bond motifs is 1. The van der Waals surface area contributed by atoms with E-state index in [1.165, 1.54) is 5.56 Å². The van der Waals surface area contributed by atoms with Crippen LogP contribution in [0.1, 0.15) is 17.9 Å². The topological polar surface area (TPSA) is 56.6 Å². The first kappa shape index (κ1) is 14.1. The first-order chi connectivity index (χ1) is 11.2. The predicted octanol–water partition coefficient (Wildman–Crippen LogP) is 1.58. The molecule has 23 heavy (non-hydrogen) atoms. The fourth-order valence-electron chi connectivity index (χ4n) is 3.23. The van der Waals surface area contributed by atoms with Crippen LogP contribution in [0.4, 0.5) is 0 Å². The Balaban J connectivity index is 1.42. The van der Waals surface area contributed by atoms with Gasteiger partial charge in [-0.25, -0.2) is 0 Å². The number of aryl methyl sites for hydroxylation is 1. The molecule has 3 heterocycles. The Bertz CT molecular complexity index is 727. The van der Waals surface area contributed by atoms with E-state index in [9.17, 15) is 4.79 Å². The highest BCUT2D eigenvalue weighted by molar-refractivity contribution is 5.82. The number of nitrogens with zero attached hydrogens (tertiary/aromatic N) is 3. The molecule has 0 aliphatic carbocycles.